The highest BCUT2D eigenvalue weighted by Crippen LogP contribution is 2.28. The average molecular weight is 412 g/mol. The molecule has 0 spiro atoms. The molecule has 24 heavy (non-hydrogen) atoms. The van der Waals surface area contributed by atoms with E-state index in [1.165, 1.54) is 11.8 Å². The summed E-state index contributed by atoms with van der Waals surface area (Å²) in [5.74, 6) is 0.523. The number of rotatable bonds is 6. The van der Waals surface area contributed by atoms with Gasteiger partial charge in [-0.3, -0.25) is 4.79 Å². The predicted octanol–water partition coefficient (Wildman–Crippen LogP) is 4.63. The lowest BCUT2D eigenvalue weighted by molar-refractivity contribution is -0.133. The molecule has 0 aliphatic carbocycles. The molecule has 0 saturated heterocycles. The maximum absolute atomic E-state index is 12.7. The number of benzene rings is 1. The molecule has 2 aromatic rings. The van der Waals surface area contributed by atoms with Crippen molar-refractivity contribution in [3.63, 3.8) is 0 Å². The summed E-state index contributed by atoms with van der Waals surface area (Å²) in [6, 6.07) is 7.96. The van der Waals surface area contributed by atoms with E-state index in [1.807, 2.05) is 63.8 Å². The van der Waals surface area contributed by atoms with Crippen molar-refractivity contribution in [2.24, 2.45) is 0 Å². The number of carbonyl (C=O) groups is 1. The van der Waals surface area contributed by atoms with Crippen LogP contribution in [0.5, 0.6) is 0 Å². The zero-order valence-corrected chi connectivity index (χ0v) is 16.9. The van der Waals surface area contributed by atoms with Gasteiger partial charge in [-0.25, -0.2) is 0 Å². The third-order valence-electron chi connectivity index (χ3n) is 3.47. The molecule has 1 aromatic heterocycles. The lowest BCUT2D eigenvalue weighted by atomic mass is 10.2. The van der Waals surface area contributed by atoms with Crippen LogP contribution < -0.4 is 0 Å². The van der Waals surface area contributed by atoms with E-state index in [-0.39, 0.29) is 23.2 Å². The first kappa shape index (κ1) is 19.0. The molecule has 5 nitrogen and oxygen atoms in total. The van der Waals surface area contributed by atoms with Gasteiger partial charge in [0, 0.05) is 22.1 Å². The van der Waals surface area contributed by atoms with Gasteiger partial charge in [-0.1, -0.05) is 33.8 Å². The van der Waals surface area contributed by atoms with Gasteiger partial charge in [-0.15, -0.1) is 10.2 Å². The Bertz CT molecular complexity index is 695. The van der Waals surface area contributed by atoms with Gasteiger partial charge in [0.2, 0.25) is 11.8 Å². The van der Waals surface area contributed by atoms with Crippen LogP contribution in [0.1, 0.15) is 34.6 Å². The number of amides is 1. The van der Waals surface area contributed by atoms with Gasteiger partial charge in [0.25, 0.3) is 5.22 Å². The second kappa shape index (κ2) is 8.16. The quantitative estimate of drug-likeness (QED) is 0.648. The monoisotopic (exact) mass is 411 g/mol. The van der Waals surface area contributed by atoms with Crippen LogP contribution in [0.15, 0.2) is 38.4 Å². The molecule has 1 amide bonds. The van der Waals surface area contributed by atoms with Crippen molar-refractivity contribution >= 4 is 33.6 Å². The second-order valence-electron chi connectivity index (χ2n) is 6.08. The Kier molecular flexibility index (Phi) is 6.46. The third kappa shape index (κ3) is 4.60. The fraction of sp³-hybridized carbons (Fsp3) is 0.471. The first-order valence-electron chi connectivity index (χ1n) is 7.88. The molecule has 130 valence electrons. The summed E-state index contributed by atoms with van der Waals surface area (Å²) in [5, 5.41) is 8.24. The van der Waals surface area contributed by atoms with Gasteiger partial charge >= 0.3 is 0 Å². The lowest BCUT2D eigenvalue weighted by Gasteiger charge is -2.32. The largest absolute Gasteiger partial charge is 0.411 e. The number of aromatic nitrogens is 2. The molecule has 0 aliphatic heterocycles. The summed E-state index contributed by atoms with van der Waals surface area (Å²) in [6.45, 7) is 9.95. The van der Waals surface area contributed by atoms with Gasteiger partial charge in [0.15, 0.2) is 0 Å². The number of hydrogen-bond acceptors (Lipinski definition) is 5. The van der Waals surface area contributed by atoms with Gasteiger partial charge in [0.05, 0.1) is 5.25 Å². The summed E-state index contributed by atoms with van der Waals surface area (Å²) in [7, 11) is 0. The second-order valence-corrected chi connectivity index (χ2v) is 8.28. The minimum atomic E-state index is -0.286. The molecule has 1 heterocycles. The average Bonchev–Trinajstić information content (AvgIpc) is 2.95. The maximum atomic E-state index is 12.7. The predicted molar refractivity (Wildman–Crippen MR) is 99.9 cm³/mol. The Morgan fingerprint density at radius 3 is 2.42 bits per heavy atom. The molecular formula is C17H22BrN3O2S. The molecule has 7 heteroatoms. The number of nitrogens with zero attached hydrogens (tertiary/aromatic N) is 3. The Morgan fingerprint density at radius 2 is 1.83 bits per heavy atom. The lowest BCUT2D eigenvalue weighted by Crippen LogP contribution is -2.45. The SMILES string of the molecule is CC(C)N(C(=O)[C@@H](C)Sc1nnc(-c2cccc(Br)c2)o1)C(C)C. The maximum Gasteiger partial charge on any atom is 0.277 e. The zero-order chi connectivity index (χ0) is 17.9. The van der Waals surface area contributed by atoms with Crippen molar-refractivity contribution in [2.45, 2.75) is 57.2 Å². The van der Waals surface area contributed by atoms with Crippen LogP contribution in [0.2, 0.25) is 0 Å². The van der Waals surface area contributed by atoms with Gasteiger partial charge in [-0.05, 0) is 52.8 Å². The van der Waals surface area contributed by atoms with E-state index >= 15 is 0 Å². The first-order valence-corrected chi connectivity index (χ1v) is 9.55. The summed E-state index contributed by atoms with van der Waals surface area (Å²) in [4.78, 5) is 14.5. The molecule has 0 bridgehead atoms. The number of thioether (sulfide) groups is 1. The van der Waals surface area contributed by atoms with Crippen LogP contribution in [-0.2, 0) is 4.79 Å². The Morgan fingerprint density at radius 1 is 1.17 bits per heavy atom. The van der Waals surface area contributed by atoms with Crippen LogP contribution in [0.4, 0.5) is 0 Å². The van der Waals surface area contributed by atoms with Crippen molar-refractivity contribution < 1.29 is 9.21 Å². The van der Waals surface area contributed by atoms with Crippen molar-refractivity contribution in [3.05, 3.63) is 28.7 Å². The number of carbonyl (C=O) groups excluding carboxylic acids is 1. The first-order chi connectivity index (χ1) is 11.3. The fourth-order valence-corrected chi connectivity index (χ4v) is 3.65. The highest BCUT2D eigenvalue weighted by Gasteiger charge is 2.27. The van der Waals surface area contributed by atoms with Crippen LogP contribution in [-0.4, -0.2) is 38.3 Å². The molecule has 1 atom stereocenters. The fourth-order valence-electron chi connectivity index (χ4n) is 2.51. The van der Waals surface area contributed by atoms with Crippen molar-refractivity contribution in [1.82, 2.24) is 15.1 Å². The standard InChI is InChI=1S/C17H22BrN3O2S/c1-10(2)21(11(3)4)16(22)12(5)24-17-20-19-15(23-17)13-7-6-8-14(18)9-13/h6-12H,1-5H3/t12-/m1/s1. The summed E-state index contributed by atoms with van der Waals surface area (Å²) >= 11 is 4.71. The van der Waals surface area contributed by atoms with E-state index in [2.05, 4.69) is 26.1 Å². The minimum absolute atomic E-state index is 0.0761. The smallest absolute Gasteiger partial charge is 0.277 e. The van der Waals surface area contributed by atoms with E-state index in [1.54, 1.807) is 0 Å². The topological polar surface area (TPSA) is 59.2 Å². The van der Waals surface area contributed by atoms with E-state index in [0.717, 1.165) is 10.0 Å². The summed E-state index contributed by atoms with van der Waals surface area (Å²) < 4.78 is 6.64. The van der Waals surface area contributed by atoms with Gasteiger partial charge in [0.1, 0.15) is 0 Å². The highest BCUT2D eigenvalue weighted by atomic mass is 79.9. The number of hydrogen-bond donors (Lipinski definition) is 0. The molecular weight excluding hydrogens is 390 g/mol. The molecule has 0 N–H and O–H groups in total. The molecule has 0 radical (unpaired) electrons. The molecule has 0 unspecified atom stereocenters. The van der Waals surface area contributed by atoms with Crippen molar-refractivity contribution in [3.8, 4) is 11.5 Å². The zero-order valence-electron chi connectivity index (χ0n) is 14.5. The van der Waals surface area contributed by atoms with Crippen molar-refractivity contribution in [1.29, 1.82) is 0 Å². The molecule has 1 aromatic carbocycles. The van der Waals surface area contributed by atoms with Gasteiger partial charge < -0.3 is 9.32 Å². The van der Waals surface area contributed by atoms with Crippen LogP contribution in [0, 0.1) is 0 Å². The van der Waals surface area contributed by atoms with E-state index in [4.69, 9.17) is 4.42 Å². The molecule has 0 aliphatic rings. The van der Waals surface area contributed by atoms with Crippen LogP contribution in [0.25, 0.3) is 11.5 Å². The minimum Gasteiger partial charge on any atom is -0.411 e. The summed E-state index contributed by atoms with van der Waals surface area (Å²) in [6.07, 6.45) is 0. The Balaban J connectivity index is 2.10. The van der Waals surface area contributed by atoms with E-state index in [0.29, 0.717) is 11.1 Å². The third-order valence-corrected chi connectivity index (χ3v) is 4.89. The van der Waals surface area contributed by atoms with Crippen LogP contribution in [0.3, 0.4) is 0 Å². The van der Waals surface area contributed by atoms with E-state index < -0.39 is 0 Å². The Hall–Kier alpha value is -1.34. The molecule has 0 fully saturated rings. The van der Waals surface area contributed by atoms with Gasteiger partial charge in [-0.2, -0.15) is 0 Å². The highest BCUT2D eigenvalue weighted by molar-refractivity contribution is 9.10. The Labute approximate surface area is 155 Å². The normalized spacial score (nSPS) is 12.7. The van der Waals surface area contributed by atoms with Crippen molar-refractivity contribution in [2.75, 3.05) is 0 Å². The molecule has 0 saturated carbocycles. The molecule has 2 rings (SSSR count). The van der Waals surface area contributed by atoms with Crippen LogP contribution >= 0.6 is 27.7 Å². The summed E-state index contributed by atoms with van der Waals surface area (Å²) in [5.41, 5.74) is 0.841. The van der Waals surface area contributed by atoms with E-state index in [9.17, 15) is 4.79 Å². The number of halogens is 1.